The number of amides is 1. The molecule has 0 radical (unpaired) electrons. The summed E-state index contributed by atoms with van der Waals surface area (Å²) in [5.74, 6) is -1.14. The molecule has 8 heteroatoms. The Hall–Kier alpha value is -0.510. The number of unbranched alkanes of at least 4 members (excludes halogenated alkanes) is 1. The standard InChI is InChI=1S/C15H22INO5S/c1-5-6-7-21-13(19)8(2)22-14(20)10-15(3,4)23-12-9(16)11(18)17(10)12/h8-10,12H,5-7H2,1-4H3/t8?,9-,10+,12-/m1/s1. The highest BCUT2D eigenvalue weighted by atomic mass is 127. The lowest BCUT2D eigenvalue weighted by Crippen LogP contribution is -2.63. The smallest absolute Gasteiger partial charge is 0.347 e. The summed E-state index contributed by atoms with van der Waals surface area (Å²) in [4.78, 5) is 38.0. The molecule has 6 nitrogen and oxygen atoms in total. The minimum atomic E-state index is -0.967. The SMILES string of the molecule is CCCCOC(=O)C(C)OC(=O)[C@@H]1N2C(=O)[C@@H](I)[C@H]2SC1(C)C. The van der Waals surface area contributed by atoms with Gasteiger partial charge in [0.05, 0.1) is 6.61 Å². The van der Waals surface area contributed by atoms with E-state index in [1.807, 2.05) is 20.8 Å². The maximum absolute atomic E-state index is 12.5. The fourth-order valence-corrected chi connectivity index (χ4v) is 5.31. The molecule has 2 heterocycles. The van der Waals surface area contributed by atoms with Crippen LogP contribution in [0.5, 0.6) is 0 Å². The van der Waals surface area contributed by atoms with E-state index in [0.717, 1.165) is 12.8 Å². The van der Waals surface area contributed by atoms with E-state index in [2.05, 4.69) is 22.6 Å². The van der Waals surface area contributed by atoms with Crippen LogP contribution >= 0.6 is 34.4 Å². The van der Waals surface area contributed by atoms with Crippen molar-refractivity contribution in [3.8, 4) is 0 Å². The molecule has 2 fully saturated rings. The first kappa shape index (κ1) is 18.8. The van der Waals surface area contributed by atoms with Crippen molar-refractivity contribution in [1.82, 2.24) is 4.90 Å². The third-order valence-electron chi connectivity index (χ3n) is 3.97. The molecule has 1 unspecified atom stereocenters. The van der Waals surface area contributed by atoms with Gasteiger partial charge in [0, 0.05) is 4.75 Å². The average molecular weight is 455 g/mol. The Morgan fingerprint density at radius 3 is 2.70 bits per heavy atom. The number of carbonyl (C=O) groups excluding carboxylic acids is 3. The van der Waals surface area contributed by atoms with Crippen molar-refractivity contribution < 1.29 is 23.9 Å². The van der Waals surface area contributed by atoms with E-state index in [9.17, 15) is 14.4 Å². The Kier molecular flexibility index (Phi) is 5.86. The van der Waals surface area contributed by atoms with Crippen LogP contribution < -0.4 is 0 Å². The summed E-state index contributed by atoms with van der Waals surface area (Å²) in [6.45, 7) is 7.66. The molecule has 0 aromatic heterocycles. The Balaban J connectivity index is 1.97. The monoisotopic (exact) mass is 455 g/mol. The number of esters is 2. The Morgan fingerprint density at radius 2 is 2.09 bits per heavy atom. The van der Waals surface area contributed by atoms with Gasteiger partial charge < -0.3 is 14.4 Å². The fourth-order valence-electron chi connectivity index (χ4n) is 2.67. The number of carbonyl (C=O) groups is 3. The van der Waals surface area contributed by atoms with E-state index < -0.39 is 28.8 Å². The number of hydrogen-bond donors (Lipinski definition) is 0. The summed E-state index contributed by atoms with van der Waals surface area (Å²) in [6.07, 6.45) is 0.732. The van der Waals surface area contributed by atoms with Gasteiger partial charge in [0.1, 0.15) is 15.3 Å². The van der Waals surface area contributed by atoms with Crippen molar-refractivity contribution in [3.05, 3.63) is 0 Å². The zero-order chi connectivity index (χ0) is 17.4. The summed E-state index contributed by atoms with van der Waals surface area (Å²) in [5.41, 5.74) is 0. The normalized spacial score (nSPS) is 29.5. The number of thioether (sulfide) groups is 1. The largest absolute Gasteiger partial charge is 0.463 e. The van der Waals surface area contributed by atoms with Crippen molar-refractivity contribution in [1.29, 1.82) is 0 Å². The second-order valence-electron chi connectivity index (χ2n) is 6.26. The molecule has 0 aliphatic carbocycles. The van der Waals surface area contributed by atoms with Crippen LogP contribution in [0.1, 0.15) is 40.5 Å². The number of hydrogen-bond acceptors (Lipinski definition) is 6. The highest BCUT2D eigenvalue weighted by molar-refractivity contribution is 14.1. The summed E-state index contributed by atoms with van der Waals surface area (Å²) >= 11 is 3.70. The molecule has 2 aliphatic heterocycles. The topological polar surface area (TPSA) is 72.9 Å². The lowest BCUT2D eigenvalue weighted by atomic mass is 9.98. The molecular formula is C15H22INO5S. The van der Waals surface area contributed by atoms with E-state index >= 15 is 0 Å². The van der Waals surface area contributed by atoms with E-state index in [1.165, 1.54) is 6.92 Å². The Bertz CT molecular complexity index is 512. The summed E-state index contributed by atoms with van der Waals surface area (Å²) in [6, 6.07) is -0.665. The second kappa shape index (κ2) is 7.16. The Labute approximate surface area is 154 Å². The third kappa shape index (κ3) is 3.62. The highest BCUT2D eigenvalue weighted by Gasteiger charge is 2.63. The van der Waals surface area contributed by atoms with Crippen LogP contribution in [-0.2, 0) is 23.9 Å². The molecule has 2 rings (SSSR count). The third-order valence-corrected chi connectivity index (χ3v) is 7.24. The molecule has 1 amide bonds. The van der Waals surface area contributed by atoms with E-state index in [-0.39, 0.29) is 15.2 Å². The van der Waals surface area contributed by atoms with Gasteiger partial charge in [-0.25, -0.2) is 9.59 Å². The van der Waals surface area contributed by atoms with Crippen LogP contribution in [0.2, 0.25) is 0 Å². The first-order chi connectivity index (χ1) is 10.7. The van der Waals surface area contributed by atoms with Gasteiger partial charge in [0.2, 0.25) is 5.91 Å². The van der Waals surface area contributed by atoms with Crippen molar-refractivity contribution >= 4 is 52.2 Å². The van der Waals surface area contributed by atoms with Gasteiger partial charge in [-0.1, -0.05) is 35.9 Å². The molecule has 0 aromatic carbocycles. The summed E-state index contributed by atoms with van der Waals surface area (Å²) in [5, 5.41) is 0.00228. The summed E-state index contributed by atoms with van der Waals surface area (Å²) in [7, 11) is 0. The van der Waals surface area contributed by atoms with Gasteiger partial charge in [-0.15, -0.1) is 11.8 Å². The lowest BCUT2D eigenvalue weighted by molar-refractivity contribution is -0.173. The number of rotatable bonds is 6. The lowest BCUT2D eigenvalue weighted by Gasteiger charge is -2.41. The summed E-state index contributed by atoms with van der Waals surface area (Å²) < 4.78 is 9.79. The number of halogens is 1. The van der Waals surface area contributed by atoms with Crippen LogP contribution in [-0.4, -0.2) is 55.5 Å². The quantitative estimate of drug-likeness (QED) is 0.201. The van der Waals surface area contributed by atoms with Gasteiger partial charge >= 0.3 is 11.9 Å². The number of ether oxygens (including phenoxy) is 2. The minimum absolute atomic E-state index is 0.00228. The first-order valence-corrected chi connectivity index (χ1v) is 9.84. The molecule has 0 spiro atoms. The molecule has 2 aliphatic rings. The Morgan fingerprint density at radius 1 is 1.43 bits per heavy atom. The van der Waals surface area contributed by atoms with Gasteiger partial charge in [-0.2, -0.15) is 0 Å². The molecule has 0 aromatic rings. The van der Waals surface area contributed by atoms with E-state index in [4.69, 9.17) is 9.47 Å². The van der Waals surface area contributed by atoms with Crippen molar-refractivity contribution in [3.63, 3.8) is 0 Å². The van der Waals surface area contributed by atoms with Crippen molar-refractivity contribution in [2.75, 3.05) is 6.61 Å². The van der Waals surface area contributed by atoms with Crippen LogP contribution in [0.25, 0.3) is 0 Å². The van der Waals surface area contributed by atoms with Gasteiger partial charge in [-0.05, 0) is 27.2 Å². The minimum Gasteiger partial charge on any atom is -0.463 e. The molecule has 2 saturated heterocycles. The number of nitrogens with zero attached hydrogens (tertiary/aromatic N) is 1. The predicted octanol–water partition coefficient (Wildman–Crippen LogP) is 2.13. The number of alkyl halides is 1. The zero-order valence-electron chi connectivity index (χ0n) is 13.7. The molecule has 4 atom stereocenters. The maximum Gasteiger partial charge on any atom is 0.347 e. The van der Waals surface area contributed by atoms with E-state index in [1.54, 1.807) is 16.7 Å². The predicted molar refractivity (Wildman–Crippen MR) is 95.3 cm³/mol. The van der Waals surface area contributed by atoms with Gasteiger partial charge in [0.25, 0.3) is 0 Å². The van der Waals surface area contributed by atoms with Gasteiger partial charge in [0.15, 0.2) is 6.10 Å². The molecule has 0 saturated carbocycles. The zero-order valence-corrected chi connectivity index (χ0v) is 16.7. The average Bonchev–Trinajstić information content (AvgIpc) is 2.75. The molecule has 0 N–H and O–H groups in total. The molecular weight excluding hydrogens is 433 g/mol. The van der Waals surface area contributed by atoms with Crippen molar-refractivity contribution in [2.45, 2.75) is 66.7 Å². The number of fused-ring (bicyclic) bond motifs is 1. The highest BCUT2D eigenvalue weighted by Crippen LogP contribution is 2.53. The van der Waals surface area contributed by atoms with E-state index in [0.29, 0.717) is 6.61 Å². The van der Waals surface area contributed by atoms with Crippen LogP contribution in [0.4, 0.5) is 0 Å². The second-order valence-corrected chi connectivity index (χ2v) is 9.37. The molecule has 0 bridgehead atoms. The first-order valence-electron chi connectivity index (χ1n) is 7.72. The van der Waals surface area contributed by atoms with Gasteiger partial charge in [-0.3, -0.25) is 4.79 Å². The number of β-lactam (4-membered cyclic amide) rings is 1. The van der Waals surface area contributed by atoms with Crippen molar-refractivity contribution in [2.24, 2.45) is 0 Å². The molecule has 130 valence electrons. The van der Waals surface area contributed by atoms with Crippen LogP contribution in [0.15, 0.2) is 0 Å². The molecule has 23 heavy (non-hydrogen) atoms. The van der Waals surface area contributed by atoms with Crippen LogP contribution in [0, 0.1) is 0 Å². The maximum atomic E-state index is 12.5. The van der Waals surface area contributed by atoms with Crippen LogP contribution in [0.3, 0.4) is 0 Å². The fraction of sp³-hybridized carbons (Fsp3) is 0.800.